The lowest BCUT2D eigenvalue weighted by Crippen LogP contribution is -2.49. The summed E-state index contributed by atoms with van der Waals surface area (Å²) in [5.41, 5.74) is 5.95. The number of nitro benzene ring substituents is 1. The number of carbonyl (C=O) groups excluding carboxylic acids is 2. The van der Waals surface area contributed by atoms with Gasteiger partial charge in [-0.1, -0.05) is 49.2 Å². The zero-order valence-corrected chi connectivity index (χ0v) is 27.5. The Labute approximate surface area is 285 Å². The number of benzene rings is 3. The maximum absolute atomic E-state index is 12.7. The molecule has 2 aliphatic heterocycles. The number of ether oxygens (including phenoxy) is 2. The zero-order chi connectivity index (χ0) is 34.6. The Morgan fingerprint density at radius 3 is 2.20 bits per heavy atom. The van der Waals surface area contributed by atoms with Crippen molar-refractivity contribution in [2.45, 2.75) is 70.1 Å². The zero-order valence-electron chi connectivity index (χ0n) is 27.5. The van der Waals surface area contributed by atoms with Gasteiger partial charge < -0.3 is 24.8 Å². The van der Waals surface area contributed by atoms with E-state index < -0.39 is 12.2 Å². The lowest BCUT2D eigenvalue weighted by Gasteiger charge is -2.41. The molecule has 3 aromatic carbocycles. The molecule has 2 fully saturated rings. The van der Waals surface area contributed by atoms with E-state index in [0.717, 1.165) is 61.4 Å². The van der Waals surface area contributed by atoms with E-state index in [1.807, 2.05) is 48.5 Å². The van der Waals surface area contributed by atoms with E-state index in [-0.39, 0.29) is 41.8 Å². The fourth-order valence-corrected chi connectivity index (χ4v) is 6.26. The van der Waals surface area contributed by atoms with Crippen molar-refractivity contribution < 1.29 is 34.3 Å². The lowest BCUT2D eigenvalue weighted by molar-refractivity contribution is -0.384. The number of non-ortho nitro benzene ring substituents is 1. The van der Waals surface area contributed by atoms with Gasteiger partial charge in [0, 0.05) is 81.1 Å². The summed E-state index contributed by atoms with van der Waals surface area (Å²) in [5.74, 6) is -0.496. The second-order valence-electron chi connectivity index (χ2n) is 12.5. The molecular weight excluding hydrogens is 630 g/mol. The summed E-state index contributed by atoms with van der Waals surface area (Å²) >= 11 is 0. The molecule has 3 unspecified atom stereocenters. The lowest BCUT2D eigenvalue weighted by atomic mass is 9.99. The molecule has 0 bridgehead atoms. The number of hydrogen-bond acceptors (Lipinski definition) is 10. The Morgan fingerprint density at radius 1 is 0.857 bits per heavy atom. The van der Waals surface area contributed by atoms with Crippen molar-refractivity contribution in [2.75, 3.05) is 42.9 Å². The van der Waals surface area contributed by atoms with Gasteiger partial charge in [-0.15, -0.1) is 0 Å². The van der Waals surface area contributed by atoms with Gasteiger partial charge in [0.1, 0.15) is 0 Å². The molecule has 5 rings (SSSR count). The molecule has 0 spiro atoms. The molecule has 2 aliphatic rings. The Morgan fingerprint density at radius 2 is 1.55 bits per heavy atom. The Hall–Kier alpha value is -4.40. The molecule has 13 nitrogen and oxygen atoms in total. The van der Waals surface area contributed by atoms with Crippen molar-refractivity contribution in [3.05, 3.63) is 99.6 Å². The van der Waals surface area contributed by atoms with Crippen LogP contribution in [0, 0.1) is 10.1 Å². The van der Waals surface area contributed by atoms with Crippen molar-refractivity contribution in [1.82, 2.24) is 10.4 Å². The van der Waals surface area contributed by atoms with E-state index in [1.54, 1.807) is 29.7 Å². The van der Waals surface area contributed by atoms with Gasteiger partial charge in [0.05, 0.1) is 23.7 Å². The first-order chi connectivity index (χ1) is 23.8. The third-order valence-electron chi connectivity index (χ3n) is 9.00. The summed E-state index contributed by atoms with van der Waals surface area (Å²) in [6, 6.07) is 22.0. The van der Waals surface area contributed by atoms with E-state index >= 15 is 0 Å². The second kappa shape index (κ2) is 17.8. The van der Waals surface area contributed by atoms with Crippen LogP contribution in [0.1, 0.15) is 74.0 Å². The minimum absolute atomic E-state index is 0.0338. The number of nitro groups is 1. The molecule has 0 radical (unpaired) electrons. The minimum Gasteiger partial charge on any atom is -0.392 e. The highest BCUT2D eigenvalue weighted by atomic mass is 16.7. The number of unbranched alkanes of at least 4 members (excludes halogenated alkanes) is 3. The number of amides is 2. The van der Waals surface area contributed by atoms with Gasteiger partial charge in [-0.3, -0.25) is 29.8 Å². The van der Waals surface area contributed by atoms with Crippen molar-refractivity contribution in [3.8, 4) is 0 Å². The second-order valence-corrected chi connectivity index (χ2v) is 12.5. The highest BCUT2D eigenvalue weighted by molar-refractivity contribution is 5.90. The molecule has 262 valence electrons. The predicted molar refractivity (Wildman–Crippen MR) is 183 cm³/mol. The smallest absolute Gasteiger partial charge is 0.269 e. The molecule has 0 aliphatic carbocycles. The van der Waals surface area contributed by atoms with Crippen LogP contribution in [-0.4, -0.2) is 70.8 Å². The van der Waals surface area contributed by atoms with E-state index in [0.29, 0.717) is 37.9 Å². The van der Waals surface area contributed by atoms with E-state index in [2.05, 4.69) is 15.1 Å². The third-order valence-corrected chi connectivity index (χ3v) is 9.00. The van der Waals surface area contributed by atoms with Crippen molar-refractivity contribution in [2.24, 2.45) is 0 Å². The van der Waals surface area contributed by atoms with Gasteiger partial charge >= 0.3 is 0 Å². The first-order valence-electron chi connectivity index (χ1n) is 16.9. The summed E-state index contributed by atoms with van der Waals surface area (Å²) in [7, 11) is 0. The number of aliphatic hydroxyl groups is 1. The fourth-order valence-electron chi connectivity index (χ4n) is 6.26. The maximum atomic E-state index is 12.7. The predicted octanol–water partition coefficient (Wildman–Crippen LogP) is 5.24. The van der Waals surface area contributed by atoms with Crippen LogP contribution >= 0.6 is 0 Å². The quantitative estimate of drug-likeness (QED) is 0.0724. The van der Waals surface area contributed by atoms with Crippen LogP contribution in [0.25, 0.3) is 0 Å². The van der Waals surface area contributed by atoms with Crippen LogP contribution in [0.5, 0.6) is 0 Å². The molecular formula is C36H45N5O8. The average Bonchev–Trinajstić information content (AvgIpc) is 3.13. The van der Waals surface area contributed by atoms with E-state index in [4.69, 9.17) is 14.7 Å². The summed E-state index contributed by atoms with van der Waals surface area (Å²) in [4.78, 5) is 39.1. The van der Waals surface area contributed by atoms with E-state index in [1.165, 1.54) is 0 Å². The SMILES string of the molecule is O=C(CCCCCCC(=O)Nc1cccc(C2OC(CN3CCN(c4ccc([N+](=O)[O-])cc4)CC3)CC(c3ccc(CO)cc3)O2)c1)NO. The number of hydroxylamine groups is 1. The molecule has 0 aromatic heterocycles. The van der Waals surface area contributed by atoms with Crippen LogP contribution in [-0.2, 0) is 25.7 Å². The average molecular weight is 676 g/mol. The summed E-state index contributed by atoms with van der Waals surface area (Å²) < 4.78 is 13.1. The molecule has 3 aromatic rings. The first-order valence-corrected chi connectivity index (χ1v) is 16.9. The number of hydrogen-bond donors (Lipinski definition) is 4. The monoisotopic (exact) mass is 675 g/mol. The number of carbonyl (C=O) groups is 2. The number of rotatable bonds is 15. The van der Waals surface area contributed by atoms with Gasteiger partial charge in [-0.2, -0.15) is 0 Å². The third kappa shape index (κ3) is 10.5. The maximum Gasteiger partial charge on any atom is 0.269 e. The largest absolute Gasteiger partial charge is 0.392 e. The van der Waals surface area contributed by atoms with E-state index in [9.17, 15) is 24.8 Å². The number of nitrogens with one attached hydrogen (secondary N) is 2. The van der Waals surface area contributed by atoms with Gasteiger partial charge in [-0.05, 0) is 48.2 Å². The minimum atomic E-state index is -0.657. The molecule has 2 saturated heterocycles. The molecule has 2 heterocycles. The van der Waals surface area contributed by atoms with Crippen LogP contribution in [0.4, 0.5) is 17.1 Å². The summed E-state index contributed by atoms with van der Waals surface area (Å²) in [6.07, 6.45) is 3.21. The normalized spacial score (nSPS) is 19.7. The molecule has 3 atom stereocenters. The molecule has 2 amide bonds. The summed E-state index contributed by atoms with van der Waals surface area (Å²) in [5, 5.41) is 32.1. The Kier molecular flexibility index (Phi) is 13.1. The standard InChI is InChI=1S/C36H45N5O8/c42-25-26-10-12-27(13-11-26)33-23-32(24-39-18-20-40(21-19-39)30-14-16-31(17-15-30)41(46)47)48-36(49-33)28-6-5-7-29(22-28)37-34(43)8-3-1-2-4-9-35(44)38-45/h5-7,10-17,22,32-33,36,42,45H,1-4,8-9,18-21,23-25H2,(H,37,43)(H,38,44). The van der Waals surface area contributed by atoms with Crippen molar-refractivity contribution in [1.29, 1.82) is 0 Å². The highest BCUT2D eigenvalue weighted by Gasteiger charge is 2.34. The Balaban J connectivity index is 1.19. The van der Waals surface area contributed by atoms with Gasteiger partial charge in [0.15, 0.2) is 6.29 Å². The topological polar surface area (TPSA) is 167 Å². The fraction of sp³-hybridized carbons (Fsp3) is 0.444. The van der Waals surface area contributed by atoms with Crippen LogP contribution in [0.15, 0.2) is 72.8 Å². The van der Waals surface area contributed by atoms with Gasteiger partial charge in [0.2, 0.25) is 11.8 Å². The van der Waals surface area contributed by atoms with Crippen molar-refractivity contribution in [3.63, 3.8) is 0 Å². The van der Waals surface area contributed by atoms with Gasteiger partial charge in [-0.25, -0.2) is 5.48 Å². The Bertz CT molecular complexity index is 1530. The molecule has 49 heavy (non-hydrogen) atoms. The first kappa shape index (κ1) is 35.9. The number of piperazine rings is 1. The number of anilines is 2. The molecule has 4 N–H and O–H groups in total. The number of nitrogens with zero attached hydrogens (tertiary/aromatic N) is 3. The number of aliphatic hydroxyl groups excluding tert-OH is 1. The van der Waals surface area contributed by atoms with Crippen molar-refractivity contribution >= 4 is 28.9 Å². The highest BCUT2D eigenvalue weighted by Crippen LogP contribution is 2.39. The van der Waals surface area contributed by atoms with Gasteiger partial charge in [0.25, 0.3) is 5.69 Å². The summed E-state index contributed by atoms with van der Waals surface area (Å²) in [6.45, 7) is 3.89. The van der Waals surface area contributed by atoms with Crippen LogP contribution < -0.4 is 15.7 Å². The van der Waals surface area contributed by atoms with Crippen LogP contribution in [0.3, 0.4) is 0 Å². The van der Waals surface area contributed by atoms with Crippen LogP contribution in [0.2, 0.25) is 0 Å². The molecule has 0 saturated carbocycles. The molecule has 13 heteroatoms.